The largest absolute Gasteiger partial charge is 0.341 e. The molecule has 30 heavy (non-hydrogen) atoms. The van der Waals surface area contributed by atoms with Crippen molar-refractivity contribution in [3.8, 4) is 10.4 Å². The van der Waals surface area contributed by atoms with Gasteiger partial charge < -0.3 is 10.2 Å². The van der Waals surface area contributed by atoms with Crippen LogP contribution in [0.15, 0.2) is 66.7 Å². The molecule has 0 saturated carbocycles. The minimum atomic E-state index is -0.628. The average Bonchev–Trinajstić information content (AvgIpc) is 3.46. The summed E-state index contributed by atoms with van der Waals surface area (Å²) >= 11 is 1.22. The molecule has 3 aromatic rings. The molecule has 0 spiro atoms. The predicted octanol–water partition coefficient (Wildman–Crippen LogP) is 4.52. The van der Waals surface area contributed by atoms with Crippen molar-refractivity contribution in [2.45, 2.75) is 25.3 Å². The molecule has 4 rings (SSSR count). The zero-order valence-corrected chi connectivity index (χ0v) is 17.3. The minimum Gasteiger partial charge on any atom is -0.341 e. The number of hydrogen-bond acceptors (Lipinski definition) is 3. The Hall–Kier alpha value is -2.99. The van der Waals surface area contributed by atoms with Crippen molar-refractivity contribution >= 4 is 23.2 Å². The van der Waals surface area contributed by atoms with Crippen LogP contribution >= 0.6 is 11.3 Å². The number of carbonyl (C=O) groups excluding carboxylic acids is 2. The van der Waals surface area contributed by atoms with Crippen molar-refractivity contribution in [2.24, 2.45) is 0 Å². The molecule has 154 valence electrons. The van der Waals surface area contributed by atoms with Gasteiger partial charge in [-0.25, -0.2) is 4.39 Å². The van der Waals surface area contributed by atoms with Crippen LogP contribution < -0.4 is 5.32 Å². The molecule has 1 N–H and O–H groups in total. The zero-order valence-electron chi connectivity index (χ0n) is 16.5. The third-order valence-corrected chi connectivity index (χ3v) is 6.39. The van der Waals surface area contributed by atoms with E-state index in [-0.39, 0.29) is 17.6 Å². The molecule has 0 bridgehead atoms. The van der Waals surface area contributed by atoms with Gasteiger partial charge in [-0.05, 0) is 36.6 Å². The number of benzene rings is 2. The first kappa shape index (κ1) is 20.3. The van der Waals surface area contributed by atoms with E-state index in [2.05, 4.69) is 5.32 Å². The Morgan fingerprint density at radius 1 is 0.967 bits per heavy atom. The van der Waals surface area contributed by atoms with Gasteiger partial charge in [-0.1, -0.05) is 48.5 Å². The number of hydrogen-bond donors (Lipinski definition) is 1. The van der Waals surface area contributed by atoms with Gasteiger partial charge in [0.1, 0.15) is 11.9 Å². The average molecular weight is 423 g/mol. The van der Waals surface area contributed by atoms with E-state index >= 15 is 0 Å². The molecular weight excluding hydrogens is 399 g/mol. The van der Waals surface area contributed by atoms with Crippen LogP contribution in [0.5, 0.6) is 0 Å². The van der Waals surface area contributed by atoms with Gasteiger partial charge in [0.25, 0.3) is 5.91 Å². The number of rotatable bonds is 6. The molecule has 2 amide bonds. The van der Waals surface area contributed by atoms with Gasteiger partial charge in [0, 0.05) is 30.0 Å². The highest BCUT2D eigenvalue weighted by Crippen LogP contribution is 2.30. The quantitative estimate of drug-likeness (QED) is 0.635. The number of nitrogens with zero attached hydrogens (tertiary/aromatic N) is 1. The molecule has 1 saturated heterocycles. The summed E-state index contributed by atoms with van der Waals surface area (Å²) in [7, 11) is 0. The van der Waals surface area contributed by atoms with Crippen LogP contribution in [0, 0.1) is 5.82 Å². The number of nitrogens with one attached hydrogen (secondary N) is 1. The van der Waals surface area contributed by atoms with Crippen molar-refractivity contribution in [1.82, 2.24) is 10.2 Å². The van der Waals surface area contributed by atoms with Crippen LogP contribution in [0.1, 0.15) is 28.1 Å². The Balaban J connectivity index is 1.52. The van der Waals surface area contributed by atoms with Gasteiger partial charge in [-0.2, -0.15) is 0 Å². The number of thiophene rings is 1. The second-order valence-corrected chi connectivity index (χ2v) is 8.48. The molecule has 6 heteroatoms. The summed E-state index contributed by atoms with van der Waals surface area (Å²) in [5.74, 6) is -0.677. The van der Waals surface area contributed by atoms with E-state index in [9.17, 15) is 14.0 Å². The first-order valence-corrected chi connectivity index (χ1v) is 10.9. The van der Waals surface area contributed by atoms with Crippen LogP contribution in [0.25, 0.3) is 10.4 Å². The van der Waals surface area contributed by atoms with E-state index in [1.165, 1.54) is 17.4 Å². The lowest BCUT2D eigenvalue weighted by atomic mass is 10.0. The molecule has 1 aliphatic rings. The highest BCUT2D eigenvalue weighted by Gasteiger charge is 2.28. The monoisotopic (exact) mass is 422 g/mol. The van der Waals surface area contributed by atoms with Gasteiger partial charge in [0.15, 0.2) is 0 Å². The Bertz CT molecular complexity index is 1030. The van der Waals surface area contributed by atoms with Crippen molar-refractivity contribution in [3.63, 3.8) is 0 Å². The van der Waals surface area contributed by atoms with Gasteiger partial charge in [-0.15, -0.1) is 11.3 Å². The molecule has 1 fully saturated rings. The number of likely N-dealkylation sites (tertiary alicyclic amines) is 1. The van der Waals surface area contributed by atoms with Crippen molar-refractivity contribution in [2.75, 3.05) is 13.1 Å². The SMILES string of the molecule is O=C(NC(Cc1ccccc1)C(=O)N1CCCC1)c1ccc(-c2ccccc2F)s1. The second-order valence-electron chi connectivity index (χ2n) is 7.39. The second kappa shape index (κ2) is 9.22. The number of halogens is 1. The van der Waals surface area contributed by atoms with Crippen molar-refractivity contribution < 1.29 is 14.0 Å². The molecule has 1 aliphatic heterocycles. The fraction of sp³-hybridized carbons (Fsp3) is 0.250. The predicted molar refractivity (Wildman–Crippen MR) is 117 cm³/mol. The van der Waals surface area contributed by atoms with E-state index in [0.717, 1.165) is 31.5 Å². The lowest BCUT2D eigenvalue weighted by Crippen LogP contribution is -2.48. The highest BCUT2D eigenvalue weighted by molar-refractivity contribution is 7.17. The Labute approximate surface area is 179 Å². The van der Waals surface area contributed by atoms with Gasteiger partial charge >= 0.3 is 0 Å². The van der Waals surface area contributed by atoms with Gasteiger partial charge in [0.05, 0.1) is 4.88 Å². The van der Waals surface area contributed by atoms with E-state index in [1.54, 1.807) is 30.3 Å². The van der Waals surface area contributed by atoms with Crippen LogP contribution in [-0.4, -0.2) is 35.8 Å². The summed E-state index contributed by atoms with van der Waals surface area (Å²) in [6, 6.07) is 19.0. The molecule has 2 heterocycles. The van der Waals surface area contributed by atoms with Gasteiger partial charge in [0.2, 0.25) is 5.91 Å². The topological polar surface area (TPSA) is 49.4 Å². The summed E-state index contributed by atoms with van der Waals surface area (Å²) in [4.78, 5) is 29.0. The molecule has 1 aromatic heterocycles. The smallest absolute Gasteiger partial charge is 0.262 e. The van der Waals surface area contributed by atoms with Crippen molar-refractivity contribution in [3.05, 3.63) is 83.0 Å². The molecule has 1 unspecified atom stereocenters. The summed E-state index contributed by atoms with van der Waals surface area (Å²) in [6.45, 7) is 1.47. The van der Waals surface area contributed by atoms with E-state index in [0.29, 0.717) is 21.7 Å². The summed E-state index contributed by atoms with van der Waals surface area (Å²) in [5.41, 5.74) is 1.46. The maximum atomic E-state index is 14.1. The fourth-order valence-corrected chi connectivity index (χ4v) is 4.64. The molecule has 2 aromatic carbocycles. The first-order chi connectivity index (χ1) is 14.6. The van der Waals surface area contributed by atoms with Gasteiger partial charge in [-0.3, -0.25) is 9.59 Å². The third kappa shape index (κ3) is 4.60. The summed E-state index contributed by atoms with van der Waals surface area (Å²) in [5, 5.41) is 2.92. The Kier molecular flexibility index (Phi) is 6.23. The third-order valence-electron chi connectivity index (χ3n) is 5.27. The van der Waals surface area contributed by atoms with Crippen LogP contribution in [-0.2, 0) is 11.2 Å². The summed E-state index contributed by atoms with van der Waals surface area (Å²) < 4.78 is 14.1. The van der Waals surface area contributed by atoms with E-state index in [4.69, 9.17) is 0 Å². The number of carbonyl (C=O) groups is 2. The maximum Gasteiger partial charge on any atom is 0.262 e. The molecule has 1 atom stereocenters. The molecule has 0 radical (unpaired) electrons. The first-order valence-electron chi connectivity index (χ1n) is 10.1. The highest BCUT2D eigenvalue weighted by atomic mass is 32.1. The van der Waals surface area contributed by atoms with E-state index < -0.39 is 6.04 Å². The molecular formula is C24H23FN2O2S. The lowest BCUT2D eigenvalue weighted by Gasteiger charge is -2.24. The van der Waals surface area contributed by atoms with Crippen LogP contribution in [0.2, 0.25) is 0 Å². The fourth-order valence-electron chi connectivity index (χ4n) is 3.70. The van der Waals surface area contributed by atoms with Crippen molar-refractivity contribution in [1.29, 1.82) is 0 Å². The van der Waals surface area contributed by atoms with E-state index in [1.807, 2.05) is 35.2 Å². The minimum absolute atomic E-state index is 0.0458. The standard InChI is InChI=1S/C24H23FN2O2S/c25-19-11-5-4-10-18(19)21-12-13-22(30-21)23(28)26-20(16-17-8-2-1-3-9-17)24(29)27-14-6-7-15-27/h1-5,8-13,20H,6-7,14-16H2,(H,26,28). The molecule has 4 nitrogen and oxygen atoms in total. The normalized spacial score (nSPS) is 14.5. The maximum absolute atomic E-state index is 14.1. The van der Waals surface area contributed by atoms with Crippen LogP contribution in [0.4, 0.5) is 4.39 Å². The zero-order chi connectivity index (χ0) is 20.9. The Morgan fingerprint density at radius 2 is 1.67 bits per heavy atom. The Morgan fingerprint density at radius 3 is 2.40 bits per heavy atom. The number of amides is 2. The summed E-state index contributed by atoms with van der Waals surface area (Å²) in [6.07, 6.45) is 2.43. The lowest BCUT2D eigenvalue weighted by molar-refractivity contribution is -0.132. The van der Waals surface area contributed by atoms with Crippen LogP contribution in [0.3, 0.4) is 0 Å². The molecule has 0 aliphatic carbocycles.